The van der Waals surface area contributed by atoms with Crippen LogP contribution in [0.2, 0.25) is 0 Å². The third-order valence-electron chi connectivity index (χ3n) is 8.03. The van der Waals surface area contributed by atoms with Gasteiger partial charge < -0.3 is 14.4 Å². The monoisotopic (exact) mass is 560 g/mol. The maximum atomic E-state index is 13.9. The summed E-state index contributed by atoms with van der Waals surface area (Å²) in [5, 5.41) is 8.37. The van der Waals surface area contributed by atoms with E-state index in [2.05, 4.69) is 38.7 Å². The number of hydrogen-bond acceptors (Lipinski definition) is 7. The summed E-state index contributed by atoms with van der Waals surface area (Å²) >= 11 is 0. The number of piperazine rings is 1. The van der Waals surface area contributed by atoms with Crippen molar-refractivity contribution in [3.05, 3.63) is 83.9 Å². The lowest BCUT2D eigenvalue weighted by Crippen LogP contribution is -2.58. The van der Waals surface area contributed by atoms with Crippen molar-refractivity contribution in [1.29, 1.82) is 0 Å². The van der Waals surface area contributed by atoms with Crippen molar-refractivity contribution in [3.8, 4) is 0 Å². The molecule has 0 radical (unpaired) electrons. The van der Waals surface area contributed by atoms with E-state index in [9.17, 15) is 8.78 Å². The molecule has 3 aromatic heterocycles. The summed E-state index contributed by atoms with van der Waals surface area (Å²) in [5.41, 5.74) is 3.30. The SMILES string of the molecule is [2H]c1nc2c(N3C[C@@H](CC)N(C(c4ccc(F)cc4)c4ccc(F)cc4)C[C@@H]3C)nc3nncn3c2n1CCN(C)C. The van der Waals surface area contributed by atoms with Crippen molar-refractivity contribution in [3.63, 3.8) is 0 Å². The normalized spacial score (nSPS) is 18.7. The van der Waals surface area contributed by atoms with Crippen LogP contribution in [0.4, 0.5) is 14.6 Å². The predicted molar refractivity (Wildman–Crippen MR) is 155 cm³/mol. The minimum absolute atomic E-state index is 0.0124. The molecule has 0 saturated carbocycles. The number of aromatic nitrogens is 6. The van der Waals surface area contributed by atoms with Gasteiger partial charge in [-0.2, -0.15) is 4.98 Å². The maximum absolute atomic E-state index is 13.9. The minimum atomic E-state index is -0.292. The van der Waals surface area contributed by atoms with Gasteiger partial charge in [-0.3, -0.25) is 4.90 Å². The first-order chi connectivity index (χ1) is 20.2. The molecule has 214 valence electrons. The van der Waals surface area contributed by atoms with Gasteiger partial charge in [-0.1, -0.05) is 31.2 Å². The zero-order valence-electron chi connectivity index (χ0n) is 24.7. The van der Waals surface area contributed by atoms with Crippen molar-refractivity contribution in [1.82, 2.24) is 38.9 Å². The maximum Gasteiger partial charge on any atom is 0.258 e. The Bertz CT molecular complexity index is 1640. The van der Waals surface area contributed by atoms with Gasteiger partial charge in [-0.25, -0.2) is 18.2 Å². The quantitative estimate of drug-likeness (QED) is 0.279. The van der Waals surface area contributed by atoms with E-state index >= 15 is 0 Å². The van der Waals surface area contributed by atoms with Crippen LogP contribution in [0.25, 0.3) is 16.9 Å². The average Bonchev–Trinajstić information content (AvgIpc) is 3.57. The molecule has 1 aliphatic rings. The molecular weight excluding hydrogens is 524 g/mol. The molecule has 0 bridgehead atoms. The van der Waals surface area contributed by atoms with E-state index in [-0.39, 0.29) is 36.1 Å². The molecule has 0 spiro atoms. The van der Waals surface area contributed by atoms with Crippen LogP contribution < -0.4 is 4.90 Å². The number of hydrogen-bond donors (Lipinski definition) is 0. The molecule has 2 atom stereocenters. The van der Waals surface area contributed by atoms with Gasteiger partial charge in [0.05, 0.1) is 12.3 Å². The molecule has 11 heteroatoms. The Hall–Kier alpha value is -3.96. The van der Waals surface area contributed by atoms with Gasteiger partial charge in [-0.15, -0.1) is 10.2 Å². The van der Waals surface area contributed by atoms with Gasteiger partial charge in [0.25, 0.3) is 5.78 Å². The highest BCUT2D eigenvalue weighted by Gasteiger charge is 2.38. The summed E-state index contributed by atoms with van der Waals surface area (Å²) in [4.78, 5) is 16.4. The van der Waals surface area contributed by atoms with E-state index in [0.717, 1.165) is 29.7 Å². The molecule has 1 fully saturated rings. The number of anilines is 1. The van der Waals surface area contributed by atoms with Crippen molar-refractivity contribution < 1.29 is 10.2 Å². The van der Waals surface area contributed by atoms with E-state index < -0.39 is 0 Å². The highest BCUT2D eigenvalue weighted by atomic mass is 19.1. The van der Waals surface area contributed by atoms with Crippen LogP contribution in [-0.2, 0) is 6.54 Å². The predicted octanol–water partition coefficient (Wildman–Crippen LogP) is 4.39. The number of fused-ring (bicyclic) bond motifs is 3. The van der Waals surface area contributed by atoms with Gasteiger partial charge in [0.2, 0.25) is 0 Å². The average molecular weight is 561 g/mol. The number of rotatable bonds is 8. The van der Waals surface area contributed by atoms with Gasteiger partial charge in [0.15, 0.2) is 11.5 Å². The molecule has 4 heterocycles. The van der Waals surface area contributed by atoms with Gasteiger partial charge in [0, 0.05) is 38.3 Å². The van der Waals surface area contributed by atoms with Crippen molar-refractivity contribution in [2.45, 2.75) is 44.9 Å². The Kier molecular flexibility index (Phi) is 7.05. The third-order valence-corrected chi connectivity index (χ3v) is 8.03. The summed E-state index contributed by atoms with van der Waals surface area (Å²) in [6.07, 6.45) is 2.63. The Morgan fingerprint density at radius 3 is 2.29 bits per heavy atom. The van der Waals surface area contributed by atoms with Crippen LogP contribution in [0.5, 0.6) is 0 Å². The lowest BCUT2D eigenvalue weighted by Gasteiger charge is -2.49. The van der Waals surface area contributed by atoms with E-state index in [4.69, 9.17) is 11.3 Å². The summed E-state index contributed by atoms with van der Waals surface area (Å²) in [6, 6.07) is 13.1. The fourth-order valence-corrected chi connectivity index (χ4v) is 5.89. The van der Waals surface area contributed by atoms with Crippen LogP contribution in [0, 0.1) is 11.6 Å². The highest BCUT2D eigenvalue weighted by molar-refractivity contribution is 5.86. The number of benzene rings is 2. The fourth-order valence-electron chi connectivity index (χ4n) is 5.89. The molecule has 6 rings (SSSR count). The highest BCUT2D eigenvalue weighted by Crippen LogP contribution is 2.37. The molecule has 0 N–H and O–H groups in total. The molecule has 41 heavy (non-hydrogen) atoms. The third kappa shape index (κ3) is 5.15. The summed E-state index contributed by atoms with van der Waals surface area (Å²) in [6.45, 7) is 6.98. The first-order valence-electron chi connectivity index (χ1n) is 14.5. The molecular formula is C30H35F2N9. The lowest BCUT2D eigenvalue weighted by atomic mass is 9.92. The van der Waals surface area contributed by atoms with Crippen LogP contribution in [0.1, 0.15) is 38.8 Å². The molecule has 2 aromatic carbocycles. The molecule has 5 aromatic rings. The Balaban J connectivity index is 1.41. The number of halogens is 2. The van der Waals surface area contributed by atoms with Crippen molar-refractivity contribution >= 4 is 22.8 Å². The van der Waals surface area contributed by atoms with Crippen LogP contribution >= 0.6 is 0 Å². The fraction of sp³-hybridized carbons (Fsp3) is 0.400. The second-order valence-corrected chi connectivity index (χ2v) is 11.0. The Morgan fingerprint density at radius 1 is 1.02 bits per heavy atom. The van der Waals surface area contributed by atoms with Crippen LogP contribution in [-0.4, -0.2) is 84.7 Å². The first-order valence-corrected chi connectivity index (χ1v) is 14.0. The van der Waals surface area contributed by atoms with Gasteiger partial charge >= 0.3 is 0 Å². The number of nitrogens with zero attached hydrogens (tertiary/aromatic N) is 9. The first kappa shape index (κ1) is 26.0. The topological polar surface area (TPSA) is 70.6 Å². The minimum Gasteiger partial charge on any atom is -0.349 e. The Morgan fingerprint density at radius 2 is 1.68 bits per heavy atom. The molecule has 1 aliphatic heterocycles. The Labute approximate surface area is 239 Å². The van der Waals surface area contributed by atoms with E-state index in [1.807, 2.05) is 42.9 Å². The lowest BCUT2D eigenvalue weighted by molar-refractivity contribution is 0.115. The zero-order chi connectivity index (χ0) is 29.5. The van der Waals surface area contributed by atoms with E-state index in [1.54, 1.807) is 10.7 Å². The number of imidazole rings is 1. The molecule has 0 amide bonds. The van der Waals surface area contributed by atoms with Crippen LogP contribution in [0.3, 0.4) is 0 Å². The summed E-state index contributed by atoms with van der Waals surface area (Å²) in [5.74, 6) is 0.564. The molecule has 0 aliphatic carbocycles. The second-order valence-electron chi connectivity index (χ2n) is 11.0. The standard InChI is InChI=1S/C30H35F2N9/c1-5-25-17-39(28-26-29(41-19-34-36-30(41)35-28)38(18-33-26)15-14-37(3)4)20(2)16-40(25)27(21-6-10-23(31)11-7-21)22-8-12-24(32)13-9-22/h6-13,18-20,25,27H,5,14-17H2,1-4H3/t20-,25+/m0/s1/i18D. The second kappa shape index (κ2) is 11.1. The zero-order valence-corrected chi connectivity index (χ0v) is 23.7. The smallest absolute Gasteiger partial charge is 0.258 e. The summed E-state index contributed by atoms with van der Waals surface area (Å²) in [7, 11) is 4.00. The van der Waals surface area contributed by atoms with Crippen molar-refractivity contribution in [2.24, 2.45) is 0 Å². The largest absolute Gasteiger partial charge is 0.349 e. The van der Waals surface area contributed by atoms with Crippen LogP contribution in [0.15, 0.2) is 61.2 Å². The molecule has 1 saturated heterocycles. The summed E-state index contributed by atoms with van der Waals surface area (Å²) < 4.78 is 40.2. The van der Waals surface area contributed by atoms with Gasteiger partial charge in [-0.05, 0) is 62.8 Å². The van der Waals surface area contributed by atoms with Gasteiger partial charge in [0.1, 0.15) is 24.8 Å². The molecule has 9 nitrogen and oxygen atoms in total. The number of likely N-dealkylation sites (N-methyl/N-ethyl adjacent to an activating group) is 1. The van der Waals surface area contributed by atoms with Crippen molar-refractivity contribution in [2.75, 3.05) is 38.6 Å². The molecule has 0 unspecified atom stereocenters. The van der Waals surface area contributed by atoms with E-state index in [0.29, 0.717) is 36.7 Å². The van der Waals surface area contributed by atoms with E-state index in [1.165, 1.54) is 24.3 Å².